The zero-order valence-electron chi connectivity index (χ0n) is 15.1. The van der Waals surface area contributed by atoms with Crippen molar-refractivity contribution in [1.29, 1.82) is 0 Å². The third-order valence-corrected chi connectivity index (χ3v) is 4.13. The summed E-state index contributed by atoms with van der Waals surface area (Å²) in [4.78, 5) is 24.1. The standard InChI is InChI=1S/C20H23FN2O3/c1-4-13(2)19(24)23-15-7-5-6-14(10-15)12-22-20(25)17-9-8-16(26-3)11-18(17)21/h5-11,13H,4,12H2,1-3H3,(H,22,25)(H,23,24). The highest BCUT2D eigenvalue weighted by molar-refractivity contribution is 5.94. The Morgan fingerprint density at radius 3 is 2.62 bits per heavy atom. The molecule has 2 aromatic rings. The largest absolute Gasteiger partial charge is 0.497 e. The summed E-state index contributed by atoms with van der Waals surface area (Å²) in [5.74, 6) is -0.926. The van der Waals surface area contributed by atoms with E-state index in [-0.39, 0.29) is 23.9 Å². The number of ether oxygens (including phenoxy) is 1. The van der Waals surface area contributed by atoms with Gasteiger partial charge in [-0.3, -0.25) is 9.59 Å². The molecular formula is C20H23FN2O3. The van der Waals surface area contributed by atoms with Crippen molar-refractivity contribution in [3.05, 3.63) is 59.4 Å². The molecule has 0 bridgehead atoms. The molecule has 0 fully saturated rings. The summed E-state index contributed by atoms with van der Waals surface area (Å²) in [7, 11) is 1.43. The van der Waals surface area contributed by atoms with Crippen LogP contribution >= 0.6 is 0 Å². The normalized spacial score (nSPS) is 11.5. The number of rotatable bonds is 7. The minimum Gasteiger partial charge on any atom is -0.497 e. The van der Waals surface area contributed by atoms with Gasteiger partial charge in [0.05, 0.1) is 12.7 Å². The highest BCUT2D eigenvalue weighted by atomic mass is 19.1. The highest BCUT2D eigenvalue weighted by Crippen LogP contribution is 2.17. The fourth-order valence-electron chi connectivity index (χ4n) is 2.29. The lowest BCUT2D eigenvalue weighted by Crippen LogP contribution is -2.24. The van der Waals surface area contributed by atoms with E-state index in [0.29, 0.717) is 11.4 Å². The smallest absolute Gasteiger partial charge is 0.254 e. The van der Waals surface area contributed by atoms with Gasteiger partial charge in [-0.2, -0.15) is 0 Å². The molecule has 0 aliphatic carbocycles. The van der Waals surface area contributed by atoms with Crippen LogP contribution in [0.3, 0.4) is 0 Å². The Morgan fingerprint density at radius 2 is 1.96 bits per heavy atom. The van der Waals surface area contributed by atoms with E-state index in [1.807, 2.05) is 19.9 Å². The Hall–Kier alpha value is -2.89. The van der Waals surface area contributed by atoms with E-state index in [2.05, 4.69) is 10.6 Å². The third kappa shape index (κ3) is 5.05. The molecule has 2 amide bonds. The van der Waals surface area contributed by atoms with Crippen LogP contribution in [0.5, 0.6) is 5.75 Å². The molecule has 26 heavy (non-hydrogen) atoms. The second-order valence-corrected chi connectivity index (χ2v) is 6.03. The van der Waals surface area contributed by atoms with Gasteiger partial charge < -0.3 is 15.4 Å². The number of carbonyl (C=O) groups is 2. The Bertz CT molecular complexity index is 792. The molecule has 0 saturated carbocycles. The van der Waals surface area contributed by atoms with E-state index in [0.717, 1.165) is 12.0 Å². The molecule has 138 valence electrons. The quantitative estimate of drug-likeness (QED) is 0.792. The van der Waals surface area contributed by atoms with Gasteiger partial charge in [-0.1, -0.05) is 26.0 Å². The van der Waals surface area contributed by atoms with Crippen molar-refractivity contribution in [2.24, 2.45) is 5.92 Å². The van der Waals surface area contributed by atoms with Crippen molar-refractivity contribution < 1.29 is 18.7 Å². The van der Waals surface area contributed by atoms with Crippen LogP contribution in [0, 0.1) is 11.7 Å². The zero-order valence-corrected chi connectivity index (χ0v) is 15.1. The van der Waals surface area contributed by atoms with Crippen LogP contribution in [-0.4, -0.2) is 18.9 Å². The molecule has 0 heterocycles. The molecule has 1 atom stereocenters. The molecule has 0 spiro atoms. The van der Waals surface area contributed by atoms with Gasteiger partial charge in [-0.25, -0.2) is 4.39 Å². The molecule has 2 rings (SSSR count). The van der Waals surface area contributed by atoms with Crippen LogP contribution in [0.1, 0.15) is 36.2 Å². The Kier molecular flexibility index (Phi) is 6.72. The van der Waals surface area contributed by atoms with Gasteiger partial charge in [-0.15, -0.1) is 0 Å². The van der Waals surface area contributed by atoms with E-state index < -0.39 is 11.7 Å². The van der Waals surface area contributed by atoms with Gasteiger partial charge in [0.1, 0.15) is 11.6 Å². The van der Waals surface area contributed by atoms with Crippen molar-refractivity contribution in [2.75, 3.05) is 12.4 Å². The Balaban J connectivity index is 2.00. The number of hydrogen-bond acceptors (Lipinski definition) is 3. The molecule has 5 nitrogen and oxygen atoms in total. The lowest BCUT2D eigenvalue weighted by Gasteiger charge is -2.12. The zero-order chi connectivity index (χ0) is 19.1. The van der Waals surface area contributed by atoms with Gasteiger partial charge in [0.25, 0.3) is 5.91 Å². The fraction of sp³-hybridized carbons (Fsp3) is 0.300. The molecule has 0 aliphatic heterocycles. The number of halogens is 1. The predicted octanol–water partition coefficient (Wildman–Crippen LogP) is 3.75. The van der Waals surface area contributed by atoms with E-state index in [1.165, 1.54) is 25.3 Å². The van der Waals surface area contributed by atoms with Gasteiger partial charge in [0, 0.05) is 24.2 Å². The number of carbonyl (C=O) groups excluding carboxylic acids is 2. The summed E-state index contributed by atoms with van der Waals surface area (Å²) in [5.41, 5.74) is 1.42. The summed E-state index contributed by atoms with van der Waals surface area (Å²) >= 11 is 0. The van der Waals surface area contributed by atoms with Crippen LogP contribution in [0.4, 0.5) is 10.1 Å². The summed E-state index contributed by atoms with van der Waals surface area (Å²) in [6, 6.07) is 11.3. The molecule has 2 aromatic carbocycles. The van der Waals surface area contributed by atoms with E-state index in [1.54, 1.807) is 18.2 Å². The number of amides is 2. The Morgan fingerprint density at radius 1 is 1.19 bits per heavy atom. The number of anilines is 1. The van der Waals surface area contributed by atoms with Crippen molar-refractivity contribution in [1.82, 2.24) is 5.32 Å². The second kappa shape index (κ2) is 8.99. The van der Waals surface area contributed by atoms with Crippen LogP contribution < -0.4 is 15.4 Å². The first kappa shape index (κ1) is 19.4. The highest BCUT2D eigenvalue weighted by Gasteiger charge is 2.13. The topological polar surface area (TPSA) is 67.4 Å². The molecule has 0 saturated heterocycles. The first-order valence-electron chi connectivity index (χ1n) is 8.46. The fourth-order valence-corrected chi connectivity index (χ4v) is 2.29. The summed E-state index contributed by atoms with van der Waals surface area (Å²) < 4.78 is 18.9. The van der Waals surface area contributed by atoms with Gasteiger partial charge >= 0.3 is 0 Å². The minimum absolute atomic E-state index is 0.0472. The number of methoxy groups -OCH3 is 1. The molecule has 6 heteroatoms. The van der Waals surface area contributed by atoms with Crippen LogP contribution in [0.15, 0.2) is 42.5 Å². The number of benzene rings is 2. The van der Waals surface area contributed by atoms with Gasteiger partial charge in [-0.05, 0) is 36.2 Å². The van der Waals surface area contributed by atoms with E-state index in [4.69, 9.17) is 4.74 Å². The average molecular weight is 358 g/mol. The first-order valence-corrected chi connectivity index (χ1v) is 8.46. The number of hydrogen-bond donors (Lipinski definition) is 2. The number of nitrogens with one attached hydrogen (secondary N) is 2. The van der Waals surface area contributed by atoms with E-state index >= 15 is 0 Å². The van der Waals surface area contributed by atoms with Crippen LogP contribution in [-0.2, 0) is 11.3 Å². The molecule has 0 radical (unpaired) electrons. The van der Waals surface area contributed by atoms with Gasteiger partial charge in [0.2, 0.25) is 5.91 Å². The molecular weight excluding hydrogens is 335 g/mol. The molecule has 0 aliphatic rings. The second-order valence-electron chi connectivity index (χ2n) is 6.03. The monoisotopic (exact) mass is 358 g/mol. The van der Waals surface area contributed by atoms with Crippen molar-refractivity contribution >= 4 is 17.5 Å². The molecule has 2 N–H and O–H groups in total. The maximum Gasteiger partial charge on any atom is 0.254 e. The summed E-state index contributed by atoms with van der Waals surface area (Å²) in [5, 5.41) is 5.52. The maximum atomic E-state index is 13.9. The first-order chi connectivity index (χ1) is 12.4. The predicted molar refractivity (Wildman–Crippen MR) is 98.6 cm³/mol. The van der Waals surface area contributed by atoms with Crippen LogP contribution in [0.2, 0.25) is 0 Å². The van der Waals surface area contributed by atoms with Crippen LogP contribution in [0.25, 0.3) is 0 Å². The van der Waals surface area contributed by atoms with Gasteiger partial charge in [0.15, 0.2) is 0 Å². The summed E-state index contributed by atoms with van der Waals surface area (Å²) in [6.45, 7) is 4.04. The Labute approximate surface area is 152 Å². The summed E-state index contributed by atoms with van der Waals surface area (Å²) in [6.07, 6.45) is 0.759. The van der Waals surface area contributed by atoms with Crippen molar-refractivity contribution in [3.63, 3.8) is 0 Å². The average Bonchev–Trinajstić information content (AvgIpc) is 2.65. The minimum atomic E-state index is -0.642. The molecule has 1 unspecified atom stereocenters. The third-order valence-electron chi connectivity index (χ3n) is 4.13. The maximum absolute atomic E-state index is 13.9. The van der Waals surface area contributed by atoms with Crippen molar-refractivity contribution in [3.8, 4) is 5.75 Å². The lowest BCUT2D eigenvalue weighted by molar-refractivity contribution is -0.119. The van der Waals surface area contributed by atoms with Crippen molar-refractivity contribution in [2.45, 2.75) is 26.8 Å². The SMILES string of the molecule is CCC(C)C(=O)Nc1cccc(CNC(=O)c2ccc(OC)cc2F)c1. The molecule has 0 aromatic heterocycles. The van der Waals surface area contributed by atoms with E-state index in [9.17, 15) is 14.0 Å². The lowest BCUT2D eigenvalue weighted by atomic mass is 10.1.